The molecular weight excluding hydrogens is 356 g/mol. The number of nitrogens with zero attached hydrogens (tertiary/aromatic N) is 1. The first-order valence-electron chi connectivity index (χ1n) is 7.05. The number of pyridine rings is 2. The Kier molecular flexibility index (Phi) is 3.35. The molecule has 0 saturated heterocycles. The zero-order chi connectivity index (χ0) is 15.8. The summed E-state index contributed by atoms with van der Waals surface area (Å²) in [5.41, 5.74) is 0.362. The Hall–Kier alpha value is -2.66. The van der Waals surface area contributed by atoms with E-state index in [1.54, 1.807) is 18.3 Å². The molecule has 2 heterocycles. The lowest BCUT2D eigenvalue weighted by Crippen LogP contribution is -2.07. The van der Waals surface area contributed by atoms with Crippen LogP contribution >= 0.6 is 15.9 Å². The molecule has 0 atom stereocenters. The van der Waals surface area contributed by atoms with Crippen molar-refractivity contribution in [3.05, 3.63) is 75.6 Å². The summed E-state index contributed by atoms with van der Waals surface area (Å²) in [5, 5.41) is 2.24. The van der Waals surface area contributed by atoms with E-state index in [4.69, 9.17) is 4.74 Å². The first kappa shape index (κ1) is 14.0. The topological polar surface area (TPSA) is 55.0 Å². The van der Waals surface area contributed by atoms with Crippen LogP contribution in [0.25, 0.3) is 21.8 Å². The second-order valence-electron chi connectivity index (χ2n) is 5.09. The normalized spacial score (nSPS) is 11.0. The number of hydrogen-bond acceptors (Lipinski definition) is 3. The Morgan fingerprint density at radius 2 is 1.83 bits per heavy atom. The maximum atomic E-state index is 12.2. The molecule has 2 aromatic heterocycles. The summed E-state index contributed by atoms with van der Waals surface area (Å²) in [6.45, 7) is 0. The summed E-state index contributed by atoms with van der Waals surface area (Å²) in [4.78, 5) is 19.2. The lowest BCUT2D eigenvalue weighted by molar-refractivity contribution is 0.488. The number of fused-ring (bicyclic) bond motifs is 3. The predicted molar refractivity (Wildman–Crippen MR) is 94.1 cm³/mol. The van der Waals surface area contributed by atoms with Crippen LogP contribution in [0.2, 0.25) is 0 Å². The van der Waals surface area contributed by atoms with Crippen molar-refractivity contribution >= 4 is 37.7 Å². The van der Waals surface area contributed by atoms with Crippen molar-refractivity contribution in [2.24, 2.45) is 0 Å². The van der Waals surface area contributed by atoms with Gasteiger partial charge in [0.05, 0.1) is 5.39 Å². The fraction of sp³-hybridized carbons (Fsp3) is 0. The number of rotatable bonds is 2. The van der Waals surface area contributed by atoms with Crippen LogP contribution in [0.5, 0.6) is 11.5 Å². The monoisotopic (exact) mass is 366 g/mol. The van der Waals surface area contributed by atoms with Gasteiger partial charge in [-0.3, -0.25) is 4.79 Å². The Balaban J connectivity index is 2.00. The third-order valence-corrected chi connectivity index (χ3v) is 4.10. The summed E-state index contributed by atoms with van der Waals surface area (Å²) >= 11 is 3.43. The van der Waals surface area contributed by atoms with Crippen molar-refractivity contribution in [2.45, 2.75) is 0 Å². The van der Waals surface area contributed by atoms with Gasteiger partial charge >= 0.3 is 0 Å². The zero-order valence-corrected chi connectivity index (χ0v) is 13.5. The standard InChI is InChI=1S/C18H11BrN2O2/c19-11-4-3-5-12(10-11)23-15-8-9-20-17-16(15)13-6-1-2-7-14(13)18(22)21-17/h1-10H,(H,20,21,22). The molecule has 0 amide bonds. The highest BCUT2D eigenvalue weighted by Gasteiger charge is 2.11. The molecule has 4 nitrogen and oxygen atoms in total. The maximum Gasteiger partial charge on any atom is 0.257 e. The van der Waals surface area contributed by atoms with Crippen molar-refractivity contribution < 1.29 is 4.74 Å². The SMILES string of the molecule is O=c1[nH]c2nccc(Oc3cccc(Br)c3)c2c2ccccc12. The fourth-order valence-corrected chi connectivity index (χ4v) is 2.99. The number of nitrogens with one attached hydrogen (secondary N) is 1. The van der Waals surface area contributed by atoms with E-state index in [-0.39, 0.29) is 5.56 Å². The van der Waals surface area contributed by atoms with Gasteiger partial charge < -0.3 is 9.72 Å². The minimum Gasteiger partial charge on any atom is -0.456 e. The maximum absolute atomic E-state index is 12.2. The summed E-state index contributed by atoms with van der Waals surface area (Å²) in [6, 6.07) is 16.9. The van der Waals surface area contributed by atoms with Crippen molar-refractivity contribution in [3.8, 4) is 11.5 Å². The van der Waals surface area contributed by atoms with Crippen molar-refractivity contribution in [1.82, 2.24) is 9.97 Å². The molecule has 0 radical (unpaired) electrons. The molecule has 4 aromatic rings. The Bertz CT molecular complexity index is 1090. The molecule has 2 aromatic carbocycles. The van der Waals surface area contributed by atoms with E-state index < -0.39 is 0 Å². The van der Waals surface area contributed by atoms with Crippen molar-refractivity contribution in [3.63, 3.8) is 0 Å². The van der Waals surface area contributed by atoms with Gasteiger partial charge in [-0.05, 0) is 30.3 Å². The van der Waals surface area contributed by atoms with Gasteiger partial charge in [-0.2, -0.15) is 0 Å². The summed E-state index contributed by atoms with van der Waals surface area (Å²) < 4.78 is 6.97. The molecular formula is C18H11BrN2O2. The predicted octanol–water partition coefficient (Wildman–Crippen LogP) is 4.63. The smallest absolute Gasteiger partial charge is 0.257 e. The van der Waals surface area contributed by atoms with Gasteiger partial charge in [-0.25, -0.2) is 4.98 Å². The van der Waals surface area contributed by atoms with Gasteiger partial charge in [0.1, 0.15) is 17.1 Å². The van der Waals surface area contributed by atoms with Gasteiger partial charge in [-0.1, -0.05) is 40.2 Å². The quantitative estimate of drug-likeness (QED) is 0.526. The number of halogens is 1. The van der Waals surface area contributed by atoms with Crippen LogP contribution in [0, 0.1) is 0 Å². The second-order valence-corrected chi connectivity index (χ2v) is 6.01. The lowest BCUT2D eigenvalue weighted by atomic mass is 10.1. The van der Waals surface area contributed by atoms with E-state index in [0.717, 1.165) is 15.2 Å². The Morgan fingerprint density at radius 1 is 1.00 bits per heavy atom. The molecule has 0 aliphatic carbocycles. The average Bonchev–Trinajstić information content (AvgIpc) is 2.55. The summed E-state index contributed by atoms with van der Waals surface area (Å²) in [6.07, 6.45) is 1.63. The highest BCUT2D eigenvalue weighted by atomic mass is 79.9. The third-order valence-electron chi connectivity index (χ3n) is 3.61. The average molecular weight is 367 g/mol. The van der Waals surface area contributed by atoms with Gasteiger partial charge in [0, 0.05) is 21.4 Å². The second kappa shape index (κ2) is 5.52. The third kappa shape index (κ3) is 2.49. The number of H-pyrrole nitrogens is 1. The zero-order valence-electron chi connectivity index (χ0n) is 11.9. The number of hydrogen-bond donors (Lipinski definition) is 1. The number of benzene rings is 2. The van der Waals surface area contributed by atoms with Gasteiger partial charge in [0.25, 0.3) is 5.56 Å². The van der Waals surface area contributed by atoms with E-state index in [0.29, 0.717) is 22.5 Å². The van der Waals surface area contributed by atoms with Crippen LogP contribution < -0.4 is 10.3 Å². The highest BCUT2D eigenvalue weighted by Crippen LogP contribution is 2.32. The van der Waals surface area contributed by atoms with E-state index in [9.17, 15) is 4.79 Å². The Labute approximate surface area is 139 Å². The van der Waals surface area contributed by atoms with Crippen LogP contribution in [0.15, 0.2) is 70.1 Å². The summed E-state index contributed by atoms with van der Waals surface area (Å²) in [5.74, 6) is 1.36. The molecule has 0 spiro atoms. The molecule has 23 heavy (non-hydrogen) atoms. The van der Waals surface area contributed by atoms with E-state index in [1.807, 2.05) is 42.5 Å². The van der Waals surface area contributed by atoms with Crippen LogP contribution in [0.1, 0.15) is 0 Å². The van der Waals surface area contributed by atoms with Crippen LogP contribution in [0.4, 0.5) is 0 Å². The van der Waals surface area contributed by atoms with E-state index in [2.05, 4.69) is 25.9 Å². The van der Waals surface area contributed by atoms with Gasteiger partial charge in [0.2, 0.25) is 0 Å². The molecule has 0 unspecified atom stereocenters. The lowest BCUT2D eigenvalue weighted by Gasteiger charge is -2.10. The fourth-order valence-electron chi connectivity index (χ4n) is 2.62. The van der Waals surface area contributed by atoms with E-state index >= 15 is 0 Å². The largest absolute Gasteiger partial charge is 0.456 e. The number of aromatic nitrogens is 2. The molecule has 0 aliphatic heterocycles. The molecule has 5 heteroatoms. The molecule has 1 N–H and O–H groups in total. The molecule has 112 valence electrons. The Morgan fingerprint density at radius 3 is 2.65 bits per heavy atom. The summed E-state index contributed by atoms with van der Waals surface area (Å²) in [7, 11) is 0. The first-order valence-corrected chi connectivity index (χ1v) is 7.85. The first-order chi connectivity index (χ1) is 11.2. The number of aromatic amines is 1. The highest BCUT2D eigenvalue weighted by molar-refractivity contribution is 9.10. The van der Waals surface area contributed by atoms with E-state index in [1.165, 1.54) is 0 Å². The molecule has 0 fully saturated rings. The van der Waals surface area contributed by atoms with Crippen molar-refractivity contribution in [2.75, 3.05) is 0 Å². The van der Waals surface area contributed by atoms with Crippen LogP contribution in [-0.4, -0.2) is 9.97 Å². The van der Waals surface area contributed by atoms with Gasteiger partial charge in [-0.15, -0.1) is 0 Å². The molecule has 0 saturated carbocycles. The molecule has 0 bridgehead atoms. The molecule has 4 rings (SSSR count). The minimum absolute atomic E-state index is 0.153. The van der Waals surface area contributed by atoms with Crippen LogP contribution in [0.3, 0.4) is 0 Å². The van der Waals surface area contributed by atoms with Crippen molar-refractivity contribution in [1.29, 1.82) is 0 Å². The van der Waals surface area contributed by atoms with Gasteiger partial charge in [0.15, 0.2) is 0 Å². The minimum atomic E-state index is -0.153. The van der Waals surface area contributed by atoms with Crippen LogP contribution in [-0.2, 0) is 0 Å². The number of ether oxygens (including phenoxy) is 1. The molecule has 0 aliphatic rings.